The standard InChI is InChI=1S/C8H13O4/c1-11-7(10)8(3-2-4-8)12-6-5-9/h2-6H2,1H3. The van der Waals surface area contributed by atoms with E-state index in [1.54, 1.807) is 0 Å². The summed E-state index contributed by atoms with van der Waals surface area (Å²) in [6, 6.07) is 0. The number of ether oxygens (including phenoxy) is 2. The van der Waals surface area contributed by atoms with Gasteiger partial charge in [0.05, 0.1) is 13.7 Å². The molecule has 0 unspecified atom stereocenters. The topological polar surface area (TPSA) is 55.4 Å². The van der Waals surface area contributed by atoms with Gasteiger partial charge in [0.25, 0.3) is 0 Å². The molecule has 1 radical (unpaired) electrons. The average molecular weight is 173 g/mol. The van der Waals surface area contributed by atoms with Crippen LogP contribution in [0.2, 0.25) is 0 Å². The first-order valence-electron chi connectivity index (χ1n) is 4.06. The Hall–Kier alpha value is -0.610. The molecule has 0 atom stereocenters. The molecule has 1 aliphatic rings. The lowest BCUT2D eigenvalue weighted by molar-refractivity contribution is -0.184. The van der Waals surface area contributed by atoms with E-state index in [1.165, 1.54) is 7.11 Å². The minimum absolute atomic E-state index is 0.0924. The Balaban J connectivity index is 2.44. The second-order valence-corrected chi connectivity index (χ2v) is 2.89. The fraction of sp³-hybridized carbons (Fsp3) is 0.875. The van der Waals surface area contributed by atoms with Gasteiger partial charge in [-0.15, -0.1) is 0 Å². The van der Waals surface area contributed by atoms with Crippen molar-refractivity contribution in [2.24, 2.45) is 0 Å². The van der Waals surface area contributed by atoms with Crippen molar-refractivity contribution >= 4 is 5.97 Å². The van der Waals surface area contributed by atoms with Crippen molar-refractivity contribution in [2.75, 3.05) is 20.3 Å². The molecule has 0 amide bonds. The summed E-state index contributed by atoms with van der Waals surface area (Å²) in [4.78, 5) is 11.2. The van der Waals surface area contributed by atoms with Gasteiger partial charge < -0.3 is 9.47 Å². The van der Waals surface area contributed by atoms with Crippen molar-refractivity contribution in [1.82, 2.24) is 0 Å². The van der Waals surface area contributed by atoms with Gasteiger partial charge in [-0.3, -0.25) is 0 Å². The van der Waals surface area contributed by atoms with Gasteiger partial charge in [-0.25, -0.2) is 9.90 Å². The zero-order chi connectivity index (χ0) is 9.03. The van der Waals surface area contributed by atoms with Crippen molar-refractivity contribution in [3.63, 3.8) is 0 Å². The van der Waals surface area contributed by atoms with Gasteiger partial charge in [0, 0.05) is 0 Å². The SMILES string of the molecule is COC(=O)C1(OCC[O])CCC1. The molecule has 0 aromatic carbocycles. The van der Waals surface area contributed by atoms with Crippen molar-refractivity contribution in [1.29, 1.82) is 0 Å². The average Bonchev–Trinajstić information content (AvgIpc) is 2.02. The van der Waals surface area contributed by atoms with E-state index in [2.05, 4.69) is 4.74 Å². The van der Waals surface area contributed by atoms with E-state index in [0.29, 0.717) is 12.8 Å². The van der Waals surface area contributed by atoms with E-state index in [0.717, 1.165) is 6.42 Å². The van der Waals surface area contributed by atoms with E-state index in [9.17, 15) is 9.90 Å². The molecule has 0 heterocycles. The third kappa shape index (κ3) is 1.59. The van der Waals surface area contributed by atoms with E-state index in [1.807, 2.05) is 0 Å². The van der Waals surface area contributed by atoms with Crippen LogP contribution in [0, 0.1) is 0 Å². The first-order chi connectivity index (χ1) is 5.75. The van der Waals surface area contributed by atoms with Crippen LogP contribution in [0.25, 0.3) is 0 Å². The number of rotatable bonds is 4. The molecule has 1 saturated carbocycles. The summed E-state index contributed by atoms with van der Waals surface area (Å²) in [6.07, 6.45) is 2.33. The highest BCUT2D eigenvalue weighted by atomic mass is 16.6. The fourth-order valence-electron chi connectivity index (χ4n) is 1.33. The summed E-state index contributed by atoms with van der Waals surface area (Å²) in [5.41, 5.74) is -0.779. The molecule has 0 aliphatic heterocycles. The fourth-order valence-corrected chi connectivity index (χ4v) is 1.33. The monoisotopic (exact) mass is 173 g/mol. The van der Waals surface area contributed by atoms with Gasteiger partial charge >= 0.3 is 5.97 Å². The van der Waals surface area contributed by atoms with Crippen molar-refractivity contribution in [3.8, 4) is 0 Å². The number of esters is 1. The molecule has 1 rings (SSSR count). The Morgan fingerprint density at radius 2 is 2.17 bits per heavy atom. The van der Waals surface area contributed by atoms with Crippen LogP contribution in [0.4, 0.5) is 0 Å². The molecule has 1 aliphatic carbocycles. The van der Waals surface area contributed by atoms with Crippen LogP contribution in [0.5, 0.6) is 0 Å². The molecule has 0 bridgehead atoms. The smallest absolute Gasteiger partial charge is 0.338 e. The molecule has 1 fully saturated rings. The molecule has 0 spiro atoms. The highest BCUT2D eigenvalue weighted by molar-refractivity contribution is 5.80. The van der Waals surface area contributed by atoms with E-state index in [4.69, 9.17) is 4.74 Å². The van der Waals surface area contributed by atoms with Gasteiger partial charge in [0.15, 0.2) is 5.60 Å². The third-order valence-corrected chi connectivity index (χ3v) is 2.18. The largest absolute Gasteiger partial charge is 0.467 e. The number of carbonyl (C=O) groups is 1. The Kier molecular flexibility index (Phi) is 3.05. The van der Waals surface area contributed by atoms with Crippen LogP contribution in [-0.4, -0.2) is 31.9 Å². The highest BCUT2D eigenvalue weighted by Gasteiger charge is 2.46. The first-order valence-corrected chi connectivity index (χ1v) is 4.06. The van der Waals surface area contributed by atoms with E-state index < -0.39 is 5.60 Å². The molecular formula is C8H13O4. The normalized spacial score (nSPS) is 19.8. The lowest BCUT2D eigenvalue weighted by Gasteiger charge is -2.38. The Labute approximate surface area is 71.5 Å². The van der Waals surface area contributed by atoms with Gasteiger partial charge in [-0.1, -0.05) is 0 Å². The van der Waals surface area contributed by atoms with Crippen molar-refractivity contribution < 1.29 is 19.4 Å². The second kappa shape index (κ2) is 3.87. The summed E-state index contributed by atoms with van der Waals surface area (Å²) in [5, 5.41) is 10.2. The molecular weight excluding hydrogens is 160 g/mol. The molecule has 4 heteroatoms. The zero-order valence-electron chi connectivity index (χ0n) is 7.17. The minimum Gasteiger partial charge on any atom is -0.467 e. The maximum Gasteiger partial charge on any atom is 0.338 e. The summed E-state index contributed by atoms with van der Waals surface area (Å²) >= 11 is 0. The molecule has 0 aromatic heterocycles. The van der Waals surface area contributed by atoms with Crippen LogP contribution in [0.1, 0.15) is 19.3 Å². The lowest BCUT2D eigenvalue weighted by atomic mass is 9.80. The molecule has 0 saturated heterocycles. The molecule has 4 nitrogen and oxygen atoms in total. The Morgan fingerprint density at radius 3 is 2.50 bits per heavy atom. The lowest BCUT2D eigenvalue weighted by Crippen LogP contribution is -2.49. The van der Waals surface area contributed by atoms with Gasteiger partial charge in [0.2, 0.25) is 0 Å². The predicted octanol–water partition coefficient (Wildman–Crippen LogP) is 0.529. The van der Waals surface area contributed by atoms with E-state index in [-0.39, 0.29) is 19.2 Å². The predicted molar refractivity (Wildman–Crippen MR) is 40.1 cm³/mol. The second-order valence-electron chi connectivity index (χ2n) is 2.89. The molecule has 69 valence electrons. The van der Waals surface area contributed by atoms with Crippen LogP contribution in [0.3, 0.4) is 0 Å². The Bertz CT molecular complexity index is 162. The summed E-state index contributed by atoms with van der Waals surface area (Å²) in [6.45, 7) is -0.214. The zero-order valence-corrected chi connectivity index (χ0v) is 7.17. The molecule has 0 N–H and O–H groups in total. The van der Waals surface area contributed by atoms with Crippen LogP contribution < -0.4 is 0 Å². The van der Waals surface area contributed by atoms with Crippen LogP contribution >= 0.6 is 0 Å². The maximum absolute atomic E-state index is 11.2. The molecule has 0 aromatic rings. The number of hydrogen-bond acceptors (Lipinski definition) is 3. The van der Waals surface area contributed by atoms with Crippen LogP contribution in [0.15, 0.2) is 0 Å². The minimum atomic E-state index is -0.779. The van der Waals surface area contributed by atoms with E-state index >= 15 is 0 Å². The van der Waals surface area contributed by atoms with Gasteiger partial charge in [0.1, 0.15) is 6.61 Å². The number of hydrogen-bond donors (Lipinski definition) is 0. The first kappa shape index (κ1) is 9.48. The van der Waals surface area contributed by atoms with Gasteiger partial charge in [-0.2, -0.15) is 0 Å². The quantitative estimate of drug-likeness (QED) is 0.582. The maximum atomic E-state index is 11.2. The summed E-state index contributed by atoms with van der Waals surface area (Å²) < 4.78 is 9.77. The molecule has 12 heavy (non-hydrogen) atoms. The Morgan fingerprint density at radius 1 is 1.50 bits per heavy atom. The van der Waals surface area contributed by atoms with Crippen LogP contribution in [-0.2, 0) is 19.4 Å². The van der Waals surface area contributed by atoms with Crippen molar-refractivity contribution in [2.45, 2.75) is 24.9 Å². The summed E-state index contributed by atoms with van der Waals surface area (Å²) in [5.74, 6) is -0.345. The van der Waals surface area contributed by atoms with Gasteiger partial charge in [-0.05, 0) is 19.3 Å². The number of methoxy groups -OCH3 is 1. The summed E-state index contributed by atoms with van der Waals surface area (Å²) in [7, 11) is 1.34. The number of carbonyl (C=O) groups excluding carboxylic acids is 1. The highest BCUT2D eigenvalue weighted by Crippen LogP contribution is 2.36. The third-order valence-electron chi connectivity index (χ3n) is 2.18. The van der Waals surface area contributed by atoms with Crippen molar-refractivity contribution in [3.05, 3.63) is 0 Å².